The Bertz CT molecular complexity index is 470. The van der Waals surface area contributed by atoms with E-state index in [0.29, 0.717) is 18.8 Å². The Kier molecular flexibility index (Phi) is 10.2. The molecule has 0 aliphatic rings. The molecule has 0 unspecified atom stereocenters. The highest BCUT2D eigenvalue weighted by molar-refractivity contribution is 5.88. The molecule has 0 aliphatic carbocycles. The highest BCUT2D eigenvalue weighted by Crippen LogP contribution is 2.07. The zero-order valence-electron chi connectivity index (χ0n) is 13.4. The predicted octanol–water partition coefficient (Wildman–Crippen LogP) is 3.84. The van der Waals surface area contributed by atoms with Crippen molar-refractivity contribution in [2.45, 2.75) is 38.5 Å². The highest BCUT2D eigenvalue weighted by Gasteiger charge is 2.06. The number of hydrogen-bond acceptors (Lipinski definition) is 5. The van der Waals surface area contributed by atoms with Crippen molar-refractivity contribution in [3.8, 4) is 0 Å². The minimum absolute atomic E-state index is 0.368. The summed E-state index contributed by atoms with van der Waals surface area (Å²) in [7, 11) is 0. The number of benzene rings is 1. The van der Waals surface area contributed by atoms with Crippen molar-refractivity contribution in [3.05, 3.63) is 48.6 Å². The molecule has 0 saturated carbocycles. The van der Waals surface area contributed by atoms with Crippen LogP contribution in [0.3, 0.4) is 0 Å². The fourth-order valence-electron chi connectivity index (χ4n) is 1.92. The minimum atomic E-state index is -0.473. The summed E-state index contributed by atoms with van der Waals surface area (Å²) in [6.07, 6.45) is 7.06. The molecule has 5 nitrogen and oxygen atoms in total. The molecule has 0 spiro atoms. The fourth-order valence-corrected chi connectivity index (χ4v) is 1.92. The van der Waals surface area contributed by atoms with Gasteiger partial charge in [-0.2, -0.15) is 4.89 Å². The number of ether oxygens (including phenoxy) is 1. The molecule has 0 bridgehead atoms. The van der Waals surface area contributed by atoms with Crippen molar-refractivity contribution < 1.29 is 24.1 Å². The van der Waals surface area contributed by atoms with Gasteiger partial charge in [-0.15, -0.1) is 0 Å². The number of hydrogen-bond donors (Lipinski definition) is 0. The van der Waals surface area contributed by atoms with E-state index in [1.165, 1.54) is 6.08 Å². The fraction of sp³-hybridized carbons (Fsp3) is 0.444. The molecule has 0 aromatic heterocycles. The topological polar surface area (TPSA) is 61.8 Å². The van der Waals surface area contributed by atoms with Crippen molar-refractivity contribution in [1.29, 1.82) is 0 Å². The average Bonchev–Trinajstić information content (AvgIpc) is 2.59. The molecule has 1 aromatic carbocycles. The Morgan fingerprint density at radius 1 is 0.913 bits per heavy atom. The number of carbonyl (C=O) groups excluding carboxylic acids is 2. The summed E-state index contributed by atoms with van der Waals surface area (Å²) in [5.41, 5.74) is 0.477. The van der Waals surface area contributed by atoms with Crippen LogP contribution in [0.25, 0.3) is 0 Å². The van der Waals surface area contributed by atoms with Gasteiger partial charge >= 0.3 is 11.9 Å². The first-order valence-corrected chi connectivity index (χ1v) is 7.92. The van der Waals surface area contributed by atoms with Crippen LogP contribution in [0.5, 0.6) is 0 Å². The van der Waals surface area contributed by atoms with E-state index in [-0.39, 0.29) is 5.97 Å². The first-order valence-electron chi connectivity index (χ1n) is 7.92. The third-order valence-corrected chi connectivity index (χ3v) is 3.18. The molecule has 1 rings (SSSR count). The summed E-state index contributed by atoms with van der Waals surface area (Å²) >= 11 is 0. The van der Waals surface area contributed by atoms with Crippen LogP contribution in [0, 0.1) is 0 Å². The normalized spacial score (nSPS) is 10.1. The summed E-state index contributed by atoms with van der Waals surface area (Å²) in [4.78, 5) is 32.0. The van der Waals surface area contributed by atoms with E-state index in [9.17, 15) is 9.59 Å². The number of rotatable bonds is 12. The maximum absolute atomic E-state index is 11.6. The number of unbranched alkanes of at least 4 members (excludes halogenated alkanes) is 5. The van der Waals surface area contributed by atoms with Crippen LogP contribution in [-0.4, -0.2) is 25.2 Å². The second-order valence-electron chi connectivity index (χ2n) is 5.05. The van der Waals surface area contributed by atoms with E-state index in [1.54, 1.807) is 24.3 Å². The third kappa shape index (κ3) is 9.47. The van der Waals surface area contributed by atoms with Crippen LogP contribution in [0.2, 0.25) is 0 Å². The first-order chi connectivity index (χ1) is 11.2. The van der Waals surface area contributed by atoms with Crippen molar-refractivity contribution in [3.63, 3.8) is 0 Å². The molecule has 0 amide bonds. The van der Waals surface area contributed by atoms with Crippen LogP contribution >= 0.6 is 0 Å². The Morgan fingerprint density at radius 3 is 2.17 bits per heavy atom. The number of esters is 1. The Hall–Kier alpha value is -2.14. The van der Waals surface area contributed by atoms with Gasteiger partial charge in [0.1, 0.15) is 0 Å². The SMILES string of the molecule is C=CC(=O)OCCCCCCCCOOC(=O)c1ccccc1. The van der Waals surface area contributed by atoms with Crippen molar-refractivity contribution in [2.75, 3.05) is 13.2 Å². The lowest BCUT2D eigenvalue weighted by atomic mass is 10.1. The summed E-state index contributed by atoms with van der Waals surface area (Å²) in [5.74, 6) is -0.841. The maximum Gasteiger partial charge on any atom is 0.373 e. The Balaban J connectivity index is 1.87. The van der Waals surface area contributed by atoms with Gasteiger partial charge in [0.2, 0.25) is 0 Å². The maximum atomic E-state index is 11.6. The molecule has 0 aliphatic heterocycles. The molecular formula is C18H24O5. The van der Waals surface area contributed by atoms with E-state index in [4.69, 9.17) is 14.5 Å². The largest absolute Gasteiger partial charge is 0.463 e. The smallest absolute Gasteiger partial charge is 0.373 e. The third-order valence-electron chi connectivity index (χ3n) is 3.18. The van der Waals surface area contributed by atoms with Crippen LogP contribution in [0.15, 0.2) is 43.0 Å². The van der Waals surface area contributed by atoms with E-state index >= 15 is 0 Å². The molecule has 0 saturated heterocycles. The Morgan fingerprint density at radius 2 is 1.52 bits per heavy atom. The molecule has 0 radical (unpaired) electrons. The van der Waals surface area contributed by atoms with Crippen LogP contribution in [0.1, 0.15) is 48.9 Å². The monoisotopic (exact) mass is 320 g/mol. The molecule has 126 valence electrons. The zero-order valence-corrected chi connectivity index (χ0v) is 13.4. The predicted molar refractivity (Wildman–Crippen MR) is 86.7 cm³/mol. The van der Waals surface area contributed by atoms with Gasteiger partial charge in [0.15, 0.2) is 0 Å². The summed E-state index contributed by atoms with van der Waals surface area (Å²) < 4.78 is 4.88. The van der Waals surface area contributed by atoms with Crippen molar-refractivity contribution in [1.82, 2.24) is 0 Å². The van der Waals surface area contributed by atoms with E-state index in [0.717, 1.165) is 38.5 Å². The summed E-state index contributed by atoms with van der Waals surface area (Å²) in [6, 6.07) is 8.74. The van der Waals surface area contributed by atoms with Gasteiger partial charge < -0.3 is 4.74 Å². The van der Waals surface area contributed by atoms with Crippen LogP contribution < -0.4 is 0 Å². The van der Waals surface area contributed by atoms with E-state index in [2.05, 4.69) is 6.58 Å². The van der Waals surface area contributed by atoms with Crippen LogP contribution in [-0.2, 0) is 19.3 Å². The molecule has 0 fully saturated rings. The van der Waals surface area contributed by atoms with Gasteiger partial charge in [-0.1, -0.05) is 50.5 Å². The average molecular weight is 320 g/mol. The van der Waals surface area contributed by atoms with Gasteiger partial charge in [0, 0.05) is 6.08 Å². The molecule has 5 heteroatoms. The van der Waals surface area contributed by atoms with Crippen LogP contribution in [0.4, 0.5) is 0 Å². The summed E-state index contributed by atoms with van der Waals surface area (Å²) in [6.45, 7) is 4.18. The van der Waals surface area contributed by atoms with Gasteiger partial charge in [0.05, 0.1) is 18.8 Å². The standard InChI is InChI=1S/C18H24O5/c1-2-17(19)21-14-10-5-3-4-6-11-15-22-23-18(20)16-12-8-7-9-13-16/h2,7-9,12-13H,1,3-6,10-11,14-15H2. The van der Waals surface area contributed by atoms with E-state index < -0.39 is 5.97 Å². The van der Waals surface area contributed by atoms with E-state index in [1.807, 2.05) is 6.07 Å². The highest BCUT2D eigenvalue weighted by atomic mass is 17.2. The molecule has 0 N–H and O–H groups in total. The second-order valence-corrected chi connectivity index (χ2v) is 5.05. The molecular weight excluding hydrogens is 296 g/mol. The lowest BCUT2D eigenvalue weighted by Gasteiger charge is -2.04. The van der Waals surface area contributed by atoms with Gasteiger partial charge in [0.25, 0.3) is 0 Å². The minimum Gasteiger partial charge on any atom is -0.463 e. The molecule has 1 aromatic rings. The Labute approximate surface area is 137 Å². The van der Waals surface area contributed by atoms with Gasteiger partial charge in [-0.25, -0.2) is 9.59 Å². The first kappa shape index (κ1) is 18.9. The lowest BCUT2D eigenvalue weighted by molar-refractivity contribution is -0.241. The summed E-state index contributed by atoms with van der Waals surface area (Å²) in [5, 5.41) is 0. The van der Waals surface area contributed by atoms with Gasteiger partial charge in [-0.05, 0) is 25.0 Å². The molecule has 23 heavy (non-hydrogen) atoms. The second kappa shape index (κ2) is 12.4. The quantitative estimate of drug-likeness (QED) is 0.192. The zero-order chi connectivity index (χ0) is 16.8. The lowest BCUT2D eigenvalue weighted by Crippen LogP contribution is -2.06. The molecule has 0 atom stereocenters. The van der Waals surface area contributed by atoms with Crippen molar-refractivity contribution >= 4 is 11.9 Å². The van der Waals surface area contributed by atoms with Crippen molar-refractivity contribution in [2.24, 2.45) is 0 Å². The number of carbonyl (C=O) groups is 2. The molecule has 0 heterocycles. The van der Waals surface area contributed by atoms with Gasteiger partial charge in [-0.3, -0.25) is 4.89 Å².